The molecule has 3 aromatic rings. The van der Waals surface area contributed by atoms with Gasteiger partial charge in [0.25, 0.3) is 5.91 Å². The van der Waals surface area contributed by atoms with Gasteiger partial charge in [0.2, 0.25) is 0 Å². The molecule has 0 spiro atoms. The Morgan fingerprint density at radius 1 is 1.43 bits per heavy atom. The Hall–Kier alpha value is -2.60. The van der Waals surface area contributed by atoms with E-state index < -0.39 is 5.60 Å². The van der Waals surface area contributed by atoms with Gasteiger partial charge in [0.05, 0.1) is 12.7 Å². The summed E-state index contributed by atoms with van der Waals surface area (Å²) in [4.78, 5) is 12.2. The first kappa shape index (κ1) is 15.3. The van der Waals surface area contributed by atoms with Crippen molar-refractivity contribution in [2.75, 3.05) is 6.54 Å². The van der Waals surface area contributed by atoms with Crippen LogP contribution in [0.5, 0.6) is 0 Å². The largest absolute Gasteiger partial charge is 0.451 e. The maximum absolute atomic E-state index is 12.2. The normalized spacial score (nSPS) is 13.9. The third-order valence-corrected chi connectivity index (χ3v) is 3.82. The number of benzene rings is 1. The summed E-state index contributed by atoms with van der Waals surface area (Å²) in [5, 5.41) is 18.1. The van der Waals surface area contributed by atoms with Crippen LogP contribution in [0.2, 0.25) is 0 Å². The van der Waals surface area contributed by atoms with Gasteiger partial charge >= 0.3 is 0 Å². The number of aromatic nitrogens is 2. The predicted molar refractivity (Wildman–Crippen MR) is 86.1 cm³/mol. The summed E-state index contributed by atoms with van der Waals surface area (Å²) in [6.07, 6.45) is 3.30. The molecule has 0 saturated carbocycles. The zero-order valence-electron chi connectivity index (χ0n) is 13.3. The van der Waals surface area contributed by atoms with E-state index in [4.69, 9.17) is 4.42 Å². The summed E-state index contributed by atoms with van der Waals surface area (Å²) >= 11 is 0. The van der Waals surface area contributed by atoms with Crippen LogP contribution in [0.3, 0.4) is 0 Å². The zero-order valence-corrected chi connectivity index (χ0v) is 13.3. The molecule has 6 heteroatoms. The third-order valence-electron chi connectivity index (χ3n) is 3.82. The van der Waals surface area contributed by atoms with Gasteiger partial charge in [0.1, 0.15) is 11.2 Å². The second-order valence-electron chi connectivity index (χ2n) is 6.01. The average Bonchev–Trinajstić information content (AvgIpc) is 3.11. The molecule has 1 amide bonds. The fourth-order valence-electron chi connectivity index (χ4n) is 2.42. The Kier molecular flexibility index (Phi) is 3.69. The number of furan rings is 1. The van der Waals surface area contributed by atoms with Gasteiger partial charge in [-0.15, -0.1) is 0 Å². The molecule has 2 heterocycles. The molecule has 0 saturated heterocycles. The van der Waals surface area contributed by atoms with Crippen molar-refractivity contribution in [1.29, 1.82) is 0 Å². The van der Waals surface area contributed by atoms with Gasteiger partial charge in [0.15, 0.2) is 5.76 Å². The molecular formula is C17H19N3O3. The van der Waals surface area contributed by atoms with Crippen molar-refractivity contribution in [3.63, 3.8) is 0 Å². The summed E-state index contributed by atoms with van der Waals surface area (Å²) in [6.45, 7) is 3.68. The number of hydrogen-bond acceptors (Lipinski definition) is 4. The first-order chi connectivity index (χ1) is 10.8. The van der Waals surface area contributed by atoms with Gasteiger partial charge in [-0.25, -0.2) is 0 Å². The highest BCUT2D eigenvalue weighted by molar-refractivity contribution is 5.96. The lowest BCUT2D eigenvalue weighted by Gasteiger charge is -2.21. The van der Waals surface area contributed by atoms with Crippen molar-refractivity contribution in [3.05, 3.63) is 53.5 Å². The van der Waals surface area contributed by atoms with Crippen LogP contribution in [0.4, 0.5) is 0 Å². The van der Waals surface area contributed by atoms with Gasteiger partial charge in [-0.2, -0.15) is 5.10 Å². The zero-order chi connectivity index (χ0) is 16.6. The highest BCUT2D eigenvalue weighted by Gasteiger charge is 2.26. The average molecular weight is 313 g/mol. The third kappa shape index (κ3) is 3.12. The van der Waals surface area contributed by atoms with Gasteiger partial charge in [0, 0.05) is 24.2 Å². The summed E-state index contributed by atoms with van der Waals surface area (Å²) in [5.41, 5.74) is 1.21. The van der Waals surface area contributed by atoms with E-state index in [1.807, 2.05) is 25.1 Å². The summed E-state index contributed by atoms with van der Waals surface area (Å²) in [7, 11) is 1.77. The molecule has 0 aliphatic rings. The van der Waals surface area contributed by atoms with Crippen molar-refractivity contribution in [2.24, 2.45) is 7.05 Å². The van der Waals surface area contributed by atoms with Crippen molar-refractivity contribution < 1.29 is 14.3 Å². The van der Waals surface area contributed by atoms with Crippen molar-refractivity contribution in [2.45, 2.75) is 19.4 Å². The first-order valence-corrected chi connectivity index (χ1v) is 7.35. The molecule has 0 fully saturated rings. The van der Waals surface area contributed by atoms with Crippen LogP contribution in [0.15, 0.2) is 41.1 Å². The van der Waals surface area contributed by atoms with E-state index in [1.54, 1.807) is 37.1 Å². The monoisotopic (exact) mass is 313 g/mol. The number of amides is 1. The summed E-state index contributed by atoms with van der Waals surface area (Å²) in [5.74, 6) is -0.129. The second-order valence-corrected chi connectivity index (χ2v) is 6.01. The van der Waals surface area contributed by atoms with Crippen LogP contribution in [-0.4, -0.2) is 27.3 Å². The minimum Gasteiger partial charge on any atom is -0.451 e. The summed E-state index contributed by atoms with van der Waals surface area (Å²) < 4.78 is 7.15. The van der Waals surface area contributed by atoms with E-state index in [0.717, 1.165) is 10.9 Å². The van der Waals surface area contributed by atoms with Crippen molar-refractivity contribution in [3.8, 4) is 0 Å². The molecule has 1 atom stereocenters. The molecule has 23 heavy (non-hydrogen) atoms. The Balaban J connectivity index is 1.73. The molecule has 0 aliphatic carbocycles. The van der Waals surface area contributed by atoms with E-state index in [9.17, 15) is 9.90 Å². The molecule has 1 unspecified atom stereocenters. The van der Waals surface area contributed by atoms with Crippen LogP contribution in [0.1, 0.15) is 28.6 Å². The number of aliphatic hydroxyl groups is 1. The molecule has 120 valence electrons. The molecule has 1 aromatic carbocycles. The number of fused-ring (bicyclic) bond motifs is 1. The number of rotatable bonds is 4. The molecule has 2 aromatic heterocycles. The number of carbonyl (C=O) groups excluding carboxylic acids is 1. The molecule has 0 radical (unpaired) electrons. The Labute approximate surface area is 133 Å². The SMILES string of the molecule is Cc1ccc2oc(C(=O)NCC(C)(O)c3cnn(C)c3)cc2c1. The van der Waals surface area contributed by atoms with Crippen molar-refractivity contribution in [1.82, 2.24) is 15.1 Å². The maximum atomic E-state index is 12.2. The van der Waals surface area contributed by atoms with E-state index in [-0.39, 0.29) is 18.2 Å². The molecule has 3 rings (SSSR count). The Morgan fingerprint density at radius 2 is 2.22 bits per heavy atom. The minimum absolute atomic E-state index is 0.0631. The van der Waals surface area contributed by atoms with Gasteiger partial charge < -0.3 is 14.8 Å². The fraction of sp³-hybridized carbons (Fsp3) is 0.294. The molecule has 0 bridgehead atoms. The number of hydrogen-bond donors (Lipinski definition) is 2. The van der Waals surface area contributed by atoms with Gasteiger partial charge in [-0.3, -0.25) is 9.48 Å². The minimum atomic E-state index is -1.20. The van der Waals surface area contributed by atoms with E-state index >= 15 is 0 Å². The fourth-order valence-corrected chi connectivity index (χ4v) is 2.42. The van der Waals surface area contributed by atoms with Crippen LogP contribution < -0.4 is 5.32 Å². The number of nitrogens with zero attached hydrogens (tertiary/aromatic N) is 2. The maximum Gasteiger partial charge on any atom is 0.287 e. The standard InChI is InChI=1S/C17H19N3O3/c1-11-4-5-14-12(6-11)7-15(23-14)16(21)18-10-17(2,22)13-8-19-20(3)9-13/h4-9,22H,10H2,1-3H3,(H,18,21). The van der Waals surface area contributed by atoms with Gasteiger partial charge in [-0.1, -0.05) is 11.6 Å². The summed E-state index contributed by atoms with van der Waals surface area (Å²) in [6, 6.07) is 7.44. The number of carbonyl (C=O) groups is 1. The lowest BCUT2D eigenvalue weighted by Crippen LogP contribution is -2.38. The Bertz CT molecular complexity index is 861. The smallest absolute Gasteiger partial charge is 0.287 e. The van der Waals surface area contributed by atoms with Crippen LogP contribution in [0, 0.1) is 6.92 Å². The van der Waals surface area contributed by atoms with E-state index in [1.165, 1.54) is 0 Å². The molecule has 2 N–H and O–H groups in total. The van der Waals surface area contributed by atoms with Crippen LogP contribution >= 0.6 is 0 Å². The molecular weight excluding hydrogens is 294 g/mol. The highest BCUT2D eigenvalue weighted by Crippen LogP contribution is 2.22. The van der Waals surface area contributed by atoms with Crippen LogP contribution in [0.25, 0.3) is 11.0 Å². The van der Waals surface area contributed by atoms with Gasteiger partial charge in [-0.05, 0) is 32.0 Å². The lowest BCUT2D eigenvalue weighted by atomic mass is 10.00. The quantitative estimate of drug-likeness (QED) is 0.773. The topological polar surface area (TPSA) is 80.3 Å². The highest BCUT2D eigenvalue weighted by atomic mass is 16.3. The lowest BCUT2D eigenvalue weighted by molar-refractivity contribution is 0.0519. The Morgan fingerprint density at radius 3 is 2.91 bits per heavy atom. The van der Waals surface area contributed by atoms with Crippen molar-refractivity contribution >= 4 is 16.9 Å². The number of aryl methyl sites for hydroxylation is 2. The molecule has 0 aliphatic heterocycles. The van der Waals surface area contributed by atoms with Crippen LogP contribution in [-0.2, 0) is 12.6 Å². The van der Waals surface area contributed by atoms with E-state index in [2.05, 4.69) is 10.4 Å². The first-order valence-electron chi connectivity index (χ1n) is 7.35. The molecule has 6 nitrogen and oxygen atoms in total. The second kappa shape index (κ2) is 5.55. The van der Waals surface area contributed by atoms with E-state index in [0.29, 0.717) is 11.1 Å². The number of nitrogens with one attached hydrogen (secondary N) is 1. The predicted octanol–water partition coefficient (Wildman–Crippen LogP) is 2.11.